The number of ether oxygens (including phenoxy) is 2. The average Bonchev–Trinajstić information content (AvgIpc) is 2.77. The van der Waals surface area contributed by atoms with Crippen LogP contribution in [0.4, 0.5) is 0 Å². The van der Waals surface area contributed by atoms with Crippen molar-refractivity contribution in [2.24, 2.45) is 5.92 Å². The molecule has 0 unspecified atom stereocenters. The second kappa shape index (κ2) is 11.2. The summed E-state index contributed by atoms with van der Waals surface area (Å²) in [6.45, 7) is 6.33. The minimum absolute atomic E-state index is 0.0522. The van der Waals surface area contributed by atoms with Gasteiger partial charge in [0.25, 0.3) is 0 Å². The van der Waals surface area contributed by atoms with Gasteiger partial charge in [-0.1, -0.05) is 38.1 Å². The van der Waals surface area contributed by atoms with Crippen molar-refractivity contribution in [2.45, 2.75) is 39.8 Å². The molecule has 6 nitrogen and oxygen atoms in total. The highest BCUT2D eigenvalue weighted by Gasteiger charge is 2.27. The largest absolute Gasteiger partial charge is 0.497 e. The van der Waals surface area contributed by atoms with Crippen molar-refractivity contribution >= 4 is 11.8 Å². The lowest BCUT2D eigenvalue weighted by atomic mass is 10.1. The molecule has 0 heterocycles. The van der Waals surface area contributed by atoms with E-state index >= 15 is 0 Å². The number of carbonyl (C=O) groups excluding carboxylic acids is 2. The van der Waals surface area contributed by atoms with Gasteiger partial charge in [-0.2, -0.15) is 0 Å². The van der Waals surface area contributed by atoms with Gasteiger partial charge in [0.2, 0.25) is 11.8 Å². The molecule has 0 spiro atoms. The maximum atomic E-state index is 12.8. The predicted molar refractivity (Wildman–Crippen MR) is 118 cm³/mol. The lowest BCUT2D eigenvalue weighted by Gasteiger charge is -2.30. The van der Waals surface area contributed by atoms with Crippen LogP contribution in [0.2, 0.25) is 0 Å². The van der Waals surface area contributed by atoms with E-state index in [1.165, 1.54) is 0 Å². The summed E-state index contributed by atoms with van der Waals surface area (Å²) in [6.07, 6.45) is 0.707. The number of nitrogens with one attached hydrogen (secondary N) is 1. The first-order chi connectivity index (χ1) is 14.3. The van der Waals surface area contributed by atoms with Gasteiger partial charge in [-0.05, 0) is 48.7 Å². The Morgan fingerprint density at radius 2 is 1.37 bits per heavy atom. The number of hydrogen-bond acceptors (Lipinski definition) is 4. The van der Waals surface area contributed by atoms with Gasteiger partial charge in [-0.15, -0.1) is 0 Å². The Balaban J connectivity index is 1.99. The Kier molecular flexibility index (Phi) is 8.71. The lowest BCUT2D eigenvalue weighted by molar-refractivity contribution is -0.143. The van der Waals surface area contributed by atoms with Gasteiger partial charge in [0.15, 0.2) is 0 Å². The first-order valence-electron chi connectivity index (χ1n) is 10.2. The van der Waals surface area contributed by atoms with E-state index in [0.29, 0.717) is 19.5 Å². The topological polar surface area (TPSA) is 67.9 Å². The molecule has 0 bridgehead atoms. The average molecular weight is 413 g/mol. The van der Waals surface area contributed by atoms with Crippen molar-refractivity contribution < 1.29 is 19.1 Å². The van der Waals surface area contributed by atoms with Crippen molar-refractivity contribution in [1.29, 1.82) is 0 Å². The third-order valence-corrected chi connectivity index (χ3v) is 5.01. The number of rotatable bonds is 10. The van der Waals surface area contributed by atoms with Crippen molar-refractivity contribution in [1.82, 2.24) is 10.2 Å². The summed E-state index contributed by atoms with van der Waals surface area (Å²) in [5.74, 6) is 1.15. The molecule has 0 radical (unpaired) electrons. The Morgan fingerprint density at radius 1 is 0.867 bits per heavy atom. The number of nitrogens with zero attached hydrogens (tertiary/aromatic N) is 1. The van der Waals surface area contributed by atoms with Gasteiger partial charge in [-0.25, -0.2) is 0 Å². The lowest BCUT2D eigenvalue weighted by Crippen LogP contribution is -2.49. The molecule has 1 N–H and O–H groups in total. The van der Waals surface area contributed by atoms with Crippen LogP contribution in [-0.2, 0) is 22.6 Å². The first-order valence-corrected chi connectivity index (χ1v) is 10.2. The van der Waals surface area contributed by atoms with Crippen LogP contribution in [0.15, 0.2) is 48.5 Å². The van der Waals surface area contributed by atoms with E-state index in [1.54, 1.807) is 26.0 Å². The predicted octanol–water partition coefficient (Wildman–Crippen LogP) is 3.44. The zero-order valence-corrected chi connectivity index (χ0v) is 18.5. The highest BCUT2D eigenvalue weighted by Crippen LogP contribution is 2.17. The van der Waals surface area contributed by atoms with Crippen LogP contribution in [-0.4, -0.2) is 43.5 Å². The molecule has 0 fully saturated rings. The summed E-state index contributed by atoms with van der Waals surface area (Å²) >= 11 is 0. The van der Waals surface area contributed by atoms with Crippen LogP contribution in [0.3, 0.4) is 0 Å². The third kappa shape index (κ3) is 6.51. The minimum Gasteiger partial charge on any atom is -0.497 e. The molecule has 2 aromatic carbocycles. The molecule has 0 saturated carbocycles. The molecule has 30 heavy (non-hydrogen) atoms. The van der Waals surface area contributed by atoms with Crippen LogP contribution >= 0.6 is 0 Å². The Labute approximate surface area is 179 Å². The van der Waals surface area contributed by atoms with E-state index in [-0.39, 0.29) is 17.7 Å². The zero-order valence-electron chi connectivity index (χ0n) is 18.5. The highest BCUT2D eigenvalue weighted by molar-refractivity contribution is 5.88. The summed E-state index contributed by atoms with van der Waals surface area (Å²) in [6, 6.07) is 14.7. The van der Waals surface area contributed by atoms with Crippen molar-refractivity contribution in [3.63, 3.8) is 0 Å². The maximum absolute atomic E-state index is 12.8. The second-order valence-corrected chi connectivity index (χ2v) is 7.53. The van der Waals surface area contributed by atoms with E-state index < -0.39 is 6.04 Å². The monoisotopic (exact) mass is 412 g/mol. The molecular weight excluding hydrogens is 380 g/mol. The van der Waals surface area contributed by atoms with E-state index in [4.69, 9.17) is 9.47 Å². The Hall–Kier alpha value is -3.02. The molecule has 0 aromatic heterocycles. The molecule has 0 saturated heterocycles. The normalized spacial score (nSPS) is 11.7. The fourth-order valence-electron chi connectivity index (χ4n) is 3.08. The van der Waals surface area contributed by atoms with Crippen LogP contribution < -0.4 is 14.8 Å². The molecule has 1 atom stereocenters. The standard InChI is InChI=1S/C24H32N2O4/c1-17(2)24(28)26(16-20-8-12-22(30-5)13-9-20)18(3)23(27)25-15-14-19-6-10-21(29-4)11-7-19/h6-13,17-18H,14-16H2,1-5H3,(H,25,27)/t18-/m0/s1. The van der Waals surface area contributed by atoms with Crippen molar-refractivity contribution in [3.8, 4) is 11.5 Å². The zero-order chi connectivity index (χ0) is 22.1. The van der Waals surface area contributed by atoms with E-state index in [2.05, 4.69) is 5.32 Å². The van der Waals surface area contributed by atoms with Crippen LogP contribution in [0.1, 0.15) is 31.9 Å². The van der Waals surface area contributed by atoms with Crippen LogP contribution in [0, 0.1) is 5.92 Å². The van der Waals surface area contributed by atoms with Gasteiger partial charge in [-0.3, -0.25) is 9.59 Å². The van der Waals surface area contributed by atoms with Gasteiger partial charge in [0.05, 0.1) is 14.2 Å². The molecule has 0 aliphatic rings. The Morgan fingerprint density at radius 3 is 1.83 bits per heavy atom. The smallest absolute Gasteiger partial charge is 0.242 e. The summed E-state index contributed by atoms with van der Waals surface area (Å²) in [5, 5.41) is 2.95. The molecule has 162 valence electrons. The van der Waals surface area contributed by atoms with E-state index in [1.807, 2.05) is 62.4 Å². The quantitative estimate of drug-likeness (QED) is 0.649. The summed E-state index contributed by atoms with van der Waals surface area (Å²) in [7, 11) is 3.24. The van der Waals surface area contributed by atoms with Gasteiger partial charge < -0.3 is 19.7 Å². The molecule has 2 aromatic rings. The maximum Gasteiger partial charge on any atom is 0.242 e. The molecule has 2 rings (SSSR count). The van der Waals surface area contributed by atoms with E-state index in [0.717, 1.165) is 22.6 Å². The molecule has 0 aliphatic carbocycles. The SMILES string of the molecule is COc1ccc(CCNC(=O)[C@H](C)N(Cc2ccc(OC)cc2)C(=O)C(C)C)cc1. The third-order valence-electron chi connectivity index (χ3n) is 5.01. The Bertz CT molecular complexity index is 816. The highest BCUT2D eigenvalue weighted by atomic mass is 16.5. The molecule has 0 aliphatic heterocycles. The molecule has 2 amide bonds. The van der Waals surface area contributed by atoms with Crippen LogP contribution in [0.25, 0.3) is 0 Å². The number of benzene rings is 2. The van der Waals surface area contributed by atoms with Gasteiger partial charge in [0, 0.05) is 19.0 Å². The summed E-state index contributed by atoms with van der Waals surface area (Å²) in [4.78, 5) is 27.2. The summed E-state index contributed by atoms with van der Waals surface area (Å²) < 4.78 is 10.3. The molecular formula is C24H32N2O4. The fraction of sp³-hybridized carbons (Fsp3) is 0.417. The van der Waals surface area contributed by atoms with Crippen molar-refractivity contribution in [3.05, 3.63) is 59.7 Å². The van der Waals surface area contributed by atoms with Crippen LogP contribution in [0.5, 0.6) is 11.5 Å². The first kappa shape index (κ1) is 23.3. The number of carbonyl (C=O) groups is 2. The fourth-order valence-corrected chi connectivity index (χ4v) is 3.08. The number of methoxy groups -OCH3 is 2. The number of amides is 2. The summed E-state index contributed by atoms with van der Waals surface area (Å²) in [5.41, 5.74) is 2.06. The second-order valence-electron chi connectivity index (χ2n) is 7.53. The van der Waals surface area contributed by atoms with Gasteiger partial charge >= 0.3 is 0 Å². The minimum atomic E-state index is -0.571. The number of hydrogen-bond donors (Lipinski definition) is 1. The van der Waals surface area contributed by atoms with Gasteiger partial charge in [0.1, 0.15) is 17.5 Å². The van der Waals surface area contributed by atoms with Crippen molar-refractivity contribution in [2.75, 3.05) is 20.8 Å². The molecule has 6 heteroatoms. The van der Waals surface area contributed by atoms with E-state index in [9.17, 15) is 9.59 Å².